The summed E-state index contributed by atoms with van der Waals surface area (Å²) in [5, 5.41) is 25.8. The first-order valence-corrected chi connectivity index (χ1v) is 7.62. The lowest BCUT2D eigenvalue weighted by molar-refractivity contribution is -0.384. The topological polar surface area (TPSA) is 119 Å². The van der Waals surface area contributed by atoms with Crippen LogP contribution in [0.5, 0.6) is 0 Å². The maximum Gasteiger partial charge on any atom is 0.410 e. The zero-order valence-corrected chi connectivity index (χ0v) is 12.6. The van der Waals surface area contributed by atoms with Crippen LogP contribution in [0.15, 0.2) is 24.3 Å². The quantitative estimate of drug-likeness (QED) is 0.485. The second-order valence-corrected chi connectivity index (χ2v) is 5.97. The third-order valence-corrected chi connectivity index (χ3v) is 4.08. The van der Waals surface area contributed by atoms with Gasteiger partial charge in [0.25, 0.3) is 5.69 Å². The monoisotopic (exact) mass is 327 g/mol. The summed E-state index contributed by atoms with van der Waals surface area (Å²) in [5.41, 5.74) is 0.637. The minimum Gasteiger partial charge on any atom is -0.445 e. The van der Waals surface area contributed by atoms with Gasteiger partial charge >= 0.3 is 6.09 Å². The number of amides is 1. The SMILES string of the molecule is NSC1CC(O)CN(C(=O)OCc2ccc([N+](=O)[O-])cc2)C1. The molecule has 0 bridgehead atoms. The van der Waals surface area contributed by atoms with E-state index in [0.29, 0.717) is 18.5 Å². The smallest absolute Gasteiger partial charge is 0.410 e. The van der Waals surface area contributed by atoms with Gasteiger partial charge in [0, 0.05) is 30.5 Å². The zero-order valence-electron chi connectivity index (χ0n) is 11.8. The molecule has 22 heavy (non-hydrogen) atoms. The molecular weight excluding hydrogens is 310 g/mol. The summed E-state index contributed by atoms with van der Waals surface area (Å²) in [6.45, 7) is 0.664. The molecule has 1 aliphatic heterocycles. The van der Waals surface area contributed by atoms with Gasteiger partial charge in [0.1, 0.15) is 6.61 Å². The summed E-state index contributed by atoms with van der Waals surface area (Å²) < 4.78 is 5.17. The Morgan fingerprint density at radius 2 is 2.14 bits per heavy atom. The number of nitro benzene ring substituents is 1. The Morgan fingerprint density at radius 3 is 2.73 bits per heavy atom. The number of nitrogens with two attached hydrogens (primary N) is 1. The number of nitro groups is 1. The molecule has 2 atom stereocenters. The summed E-state index contributed by atoms with van der Waals surface area (Å²) in [4.78, 5) is 23.5. The number of benzene rings is 1. The van der Waals surface area contributed by atoms with Gasteiger partial charge in [-0.2, -0.15) is 0 Å². The molecule has 2 unspecified atom stereocenters. The molecule has 1 aliphatic rings. The van der Waals surface area contributed by atoms with Gasteiger partial charge in [0.05, 0.1) is 11.0 Å². The van der Waals surface area contributed by atoms with Crippen LogP contribution >= 0.6 is 11.9 Å². The maximum atomic E-state index is 12.0. The van der Waals surface area contributed by atoms with Crippen LogP contribution < -0.4 is 5.14 Å². The molecule has 0 aromatic heterocycles. The van der Waals surface area contributed by atoms with Crippen LogP contribution in [-0.4, -0.2) is 45.5 Å². The Labute approximate surface area is 131 Å². The first kappa shape index (κ1) is 16.5. The van der Waals surface area contributed by atoms with Crippen molar-refractivity contribution in [3.8, 4) is 0 Å². The van der Waals surface area contributed by atoms with Gasteiger partial charge in [0.15, 0.2) is 0 Å². The van der Waals surface area contributed by atoms with E-state index in [1.54, 1.807) is 0 Å². The average Bonchev–Trinajstić information content (AvgIpc) is 2.52. The van der Waals surface area contributed by atoms with E-state index in [1.165, 1.54) is 29.2 Å². The number of likely N-dealkylation sites (tertiary alicyclic amines) is 1. The number of hydrogen-bond donors (Lipinski definition) is 2. The fourth-order valence-corrected chi connectivity index (χ4v) is 2.82. The minimum absolute atomic E-state index is 0.0166. The van der Waals surface area contributed by atoms with Crippen LogP contribution in [0.25, 0.3) is 0 Å². The molecule has 1 heterocycles. The highest BCUT2D eigenvalue weighted by Crippen LogP contribution is 2.20. The molecule has 2 rings (SSSR count). The Kier molecular flexibility index (Phi) is 5.58. The van der Waals surface area contributed by atoms with Crippen molar-refractivity contribution < 1.29 is 19.6 Å². The number of aliphatic hydroxyl groups excluding tert-OH is 1. The highest BCUT2D eigenvalue weighted by molar-refractivity contribution is 7.97. The van der Waals surface area contributed by atoms with Crippen molar-refractivity contribution >= 4 is 23.7 Å². The van der Waals surface area contributed by atoms with Crippen LogP contribution in [0.2, 0.25) is 0 Å². The Morgan fingerprint density at radius 1 is 1.45 bits per heavy atom. The molecule has 1 saturated heterocycles. The van der Waals surface area contributed by atoms with Crippen molar-refractivity contribution in [3.05, 3.63) is 39.9 Å². The highest BCUT2D eigenvalue weighted by Gasteiger charge is 2.29. The molecule has 1 fully saturated rings. The predicted octanol–water partition coefficient (Wildman–Crippen LogP) is 1.27. The summed E-state index contributed by atoms with van der Waals surface area (Å²) >= 11 is 1.12. The number of piperidine rings is 1. The Balaban J connectivity index is 1.87. The van der Waals surface area contributed by atoms with Crippen LogP contribution in [0, 0.1) is 10.1 Å². The third kappa shape index (κ3) is 4.33. The number of nitrogens with zero attached hydrogens (tertiary/aromatic N) is 2. The van der Waals surface area contributed by atoms with Gasteiger partial charge < -0.3 is 14.7 Å². The molecule has 120 valence electrons. The normalized spacial score (nSPS) is 21.5. The van der Waals surface area contributed by atoms with E-state index in [9.17, 15) is 20.0 Å². The van der Waals surface area contributed by atoms with Gasteiger partial charge in [0.2, 0.25) is 0 Å². The molecule has 0 radical (unpaired) electrons. The number of ether oxygens (including phenoxy) is 1. The van der Waals surface area contributed by atoms with Crippen LogP contribution in [-0.2, 0) is 11.3 Å². The molecule has 9 heteroatoms. The first-order chi connectivity index (χ1) is 10.5. The molecule has 0 saturated carbocycles. The van der Waals surface area contributed by atoms with E-state index in [1.807, 2.05) is 0 Å². The van der Waals surface area contributed by atoms with Crippen molar-refractivity contribution in [2.24, 2.45) is 5.14 Å². The lowest BCUT2D eigenvalue weighted by Crippen LogP contribution is -2.47. The van der Waals surface area contributed by atoms with E-state index >= 15 is 0 Å². The third-order valence-electron chi connectivity index (χ3n) is 3.35. The molecule has 0 aliphatic carbocycles. The molecule has 8 nitrogen and oxygen atoms in total. The molecule has 3 N–H and O–H groups in total. The van der Waals surface area contributed by atoms with Gasteiger partial charge in [-0.15, -0.1) is 0 Å². The fourth-order valence-electron chi connectivity index (χ4n) is 2.23. The van der Waals surface area contributed by atoms with Crippen LogP contribution in [0.4, 0.5) is 10.5 Å². The van der Waals surface area contributed by atoms with E-state index in [-0.39, 0.29) is 24.1 Å². The van der Waals surface area contributed by atoms with Gasteiger partial charge in [-0.05, 0) is 24.1 Å². The Bertz CT molecular complexity index is 539. The van der Waals surface area contributed by atoms with Gasteiger partial charge in [-0.1, -0.05) is 11.9 Å². The lowest BCUT2D eigenvalue weighted by atomic mass is 10.1. The fraction of sp³-hybridized carbons (Fsp3) is 0.462. The van der Waals surface area contributed by atoms with Crippen molar-refractivity contribution in [2.45, 2.75) is 24.4 Å². The number of carbonyl (C=O) groups is 1. The number of hydrogen-bond acceptors (Lipinski definition) is 7. The van der Waals surface area contributed by atoms with E-state index in [4.69, 9.17) is 9.88 Å². The van der Waals surface area contributed by atoms with Gasteiger partial charge in [-0.25, -0.2) is 4.79 Å². The lowest BCUT2D eigenvalue weighted by Gasteiger charge is -2.33. The summed E-state index contributed by atoms with van der Waals surface area (Å²) in [6.07, 6.45) is -0.592. The van der Waals surface area contributed by atoms with E-state index in [2.05, 4.69) is 0 Å². The highest BCUT2D eigenvalue weighted by atomic mass is 32.2. The summed E-state index contributed by atoms with van der Waals surface area (Å²) in [7, 11) is 0. The molecular formula is C13H17N3O5S. The predicted molar refractivity (Wildman–Crippen MR) is 81.0 cm³/mol. The number of carbonyl (C=O) groups excluding carboxylic acids is 1. The maximum absolute atomic E-state index is 12.0. The summed E-state index contributed by atoms with van der Waals surface area (Å²) in [5.74, 6) is 0. The number of β-amino-alcohol motifs (C(OH)–C–C–N with tert-alkyl or cyclic N) is 1. The first-order valence-electron chi connectivity index (χ1n) is 6.68. The minimum atomic E-state index is -0.610. The van der Waals surface area contributed by atoms with Crippen molar-refractivity contribution in [2.75, 3.05) is 13.1 Å². The van der Waals surface area contributed by atoms with Crippen molar-refractivity contribution in [3.63, 3.8) is 0 Å². The molecule has 0 spiro atoms. The van der Waals surface area contributed by atoms with Crippen molar-refractivity contribution in [1.82, 2.24) is 4.90 Å². The Hall–Kier alpha value is -1.84. The average molecular weight is 327 g/mol. The summed E-state index contributed by atoms with van der Waals surface area (Å²) in [6, 6.07) is 5.79. The van der Waals surface area contributed by atoms with E-state index in [0.717, 1.165) is 11.9 Å². The second kappa shape index (κ2) is 7.43. The molecule has 1 amide bonds. The van der Waals surface area contributed by atoms with Gasteiger partial charge in [-0.3, -0.25) is 15.3 Å². The second-order valence-electron chi connectivity index (χ2n) is 5.03. The number of rotatable bonds is 4. The largest absolute Gasteiger partial charge is 0.445 e. The van der Waals surface area contributed by atoms with Crippen molar-refractivity contribution in [1.29, 1.82) is 0 Å². The zero-order chi connectivity index (χ0) is 16.1. The number of non-ortho nitro benzene ring substituents is 1. The van der Waals surface area contributed by atoms with Crippen LogP contribution in [0.3, 0.4) is 0 Å². The van der Waals surface area contributed by atoms with E-state index < -0.39 is 17.1 Å². The van der Waals surface area contributed by atoms with Crippen LogP contribution in [0.1, 0.15) is 12.0 Å². The molecule has 1 aromatic rings. The number of aliphatic hydroxyl groups is 1. The molecule has 1 aromatic carbocycles. The standard InChI is InChI=1S/C13H17N3O5S/c14-22-12-5-11(17)6-15(7-12)13(18)21-8-9-1-3-10(4-2-9)16(19)20/h1-4,11-12,17H,5-8,14H2.